The quantitative estimate of drug-likeness (QED) is 0.300. The predicted molar refractivity (Wildman–Crippen MR) is 139 cm³/mol. The number of halogens is 6. The molecule has 2 N–H and O–H groups in total. The predicted octanol–water partition coefficient (Wildman–Crippen LogP) is 5.47. The fourth-order valence-electron chi connectivity index (χ4n) is 4.71. The van der Waals surface area contributed by atoms with Crippen molar-refractivity contribution in [1.82, 2.24) is 20.0 Å². The van der Waals surface area contributed by atoms with Gasteiger partial charge in [0.25, 0.3) is 5.89 Å². The third kappa shape index (κ3) is 5.45. The molecule has 0 radical (unpaired) electrons. The number of aromatic nitrogens is 4. The number of hydrogen-bond donors (Lipinski definition) is 1. The standard InChI is InChI=1S/C28H23F6N7O2/c1-26(2,13-35)25-39-38-23(43-25)16-7-22-17(8-18(16)29)27(3,31)9-20(36)24(42)40(22)11-14-4-5-21(19(30)6-14)41-12-15(10-37-41)28(32,33)34/h4-8,10,12,20H,9,11,36H2,1-3H3/t20-,27+/m0/s1. The van der Waals surface area contributed by atoms with Crippen LogP contribution in [0.1, 0.15) is 49.8 Å². The lowest BCUT2D eigenvalue weighted by Gasteiger charge is -2.26. The number of hydrogen-bond acceptors (Lipinski definition) is 7. The van der Waals surface area contributed by atoms with Crippen LogP contribution >= 0.6 is 0 Å². The molecule has 0 aliphatic carbocycles. The van der Waals surface area contributed by atoms with Crippen LogP contribution in [0.4, 0.5) is 32.0 Å². The molecule has 0 unspecified atom stereocenters. The molecule has 9 nitrogen and oxygen atoms in total. The Hall–Kier alpha value is -4.71. The number of rotatable bonds is 5. The number of nitriles is 1. The van der Waals surface area contributed by atoms with Crippen LogP contribution in [0.15, 0.2) is 47.1 Å². The van der Waals surface area contributed by atoms with E-state index in [1.807, 2.05) is 6.07 Å². The van der Waals surface area contributed by atoms with E-state index in [4.69, 9.17) is 10.2 Å². The van der Waals surface area contributed by atoms with Crippen molar-refractivity contribution >= 4 is 11.6 Å². The topological polar surface area (TPSA) is 127 Å². The van der Waals surface area contributed by atoms with Gasteiger partial charge in [0.2, 0.25) is 11.8 Å². The Morgan fingerprint density at radius 2 is 1.86 bits per heavy atom. The molecule has 1 aliphatic rings. The Morgan fingerprint density at radius 1 is 1.14 bits per heavy atom. The maximum Gasteiger partial charge on any atom is 0.419 e. The van der Waals surface area contributed by atoms with Gasteiger partial charge >= 0.3 is 6.18 Å². The van der Waals surface area contributed by atoms with Crippen LogP contribution < -0.4 is 10.6 Å². The van der Waals surface area contributed by atoms with Crippen molar-refractivity contribution in [3.63, 3.8) is 0 Å². The van der Waals surface area contributed by atoms with Crippen LogP contribution in [0.5, 0.6) is 0 Å². The van der Waals surface area contributed by atoms with E-state index in [0.717, 1.165) is 34.7 Å². The van der Waals surface area contributed by atoms with Crippen LogP contribution in [0.3, 0.4) is 0 Å². The van der Waals surface area contributed by atoms with Crippen LogP contribution in [-0.4, -0.2) is 31.9 Å². The van der Waals surface area contributed by atoms with Crippen LogP contribution in [0, 0.1) is 23.0 Å². The summed E-state index contributed by atoms with van der Waals surface area (Å²) in [5, 5.41) is 20.6. The molecule has 0 fully saturated rings. The maximum absolute atomic E-state index is 15.9. The van der Waals surface area contributed by atoms with Gasteiger partial charge in [-0.05, 0) is 50.6 Å². The molecule has 3 heterocycles. The van der Waals surface area contributed by atoms with Gasteiger partial charge in [-0.1, -0.05) is 6.07 Å². The van der Waals surface area contributed by atoms with E-state index < -0.39 is 52.8 Å². The Kier molecular flexibility index (Phi) is 7.08. The van der Waals surface area contributed by atoms with Crippen molar-refractivity contribution in [3.05, 3.63) is 76.9 Å². The fraction of sp³-hybridized carbons (Fsp3) is 0.321. The van der Waals surface area contributed by atoms with Gasteiger partial charge in [0.1, 0.15) is 28.4 Å². The third-order valence-electron chi connectivity index (χ3n) is 7.10. The van der Waals surface area contributed by atoms with Gasteiger partial charge in [-0.15, -0.1) is 10.2 Å². The minimum Gasteiger partial charge on any atom is -0.419 e. The number of fused-ring (bicyclic) bond motifs is 1. The lowest BCUT2D eigenvalue weighted by Crippen LogP contribution is -2.43. The molecule has 224 valence electrons. The number of benzene rings is 2. The molecular weight excluding hydrogens is 580 g/mol. The molecule has 2 aromatic carbocycles. The highest BCUT2D eigenvalue weighted by molar-refractivity contribution is 5.99. The van der Waals surface area contributed by atoms with Crippen molar-refractivity contribution in [2.75, 3.05) is 4.90 Å². The summed E-state index contributed by atoms with van der Waals surface area (Å²) in [6.07, 6.45) is -3.97. The number of carbonyl (C=O) groups is 1. The first kappa shape index (κ1) is 29.8. The van der Waals surface area contributed by atoms with Gasteiger partial charge in [0.15, 0.2) is 0 Å². The molecule has 1 aliphatic heterocycles. The Morgan fingerprint density at radius 3 is 2.49 bits per heavy atom. The van der Waals surface area contributed by atoms with Crippen molar-refractivity contribution in [2.24, 2.45) is 5.73 Å². The van der Waals surface area contributed by atoms with E-state index in [9.17, 15) is 23.2 Å². The van der Waals surface area contributed by atoms with Crippen LogP contribution in [0.25, 0.3) is 17.1 Å². The normalized spacial score (nSPS) is 19.2. The lowest BCUT2D eigenvalue weighted by molar-refractivity contribution is -0.137. The smallest absolute Gasteiger partial charge is 0.419 e. The second-order valence-electron chi connectivity index (χ2n) is 10.9. The number of carbonyl (C=O) groups excluding carboxylic acids is 1. The van der Waals surface area contributed by atoms with E-state index in [-0.39, 0.29) is 46.4 Å². The zero-order valence-electron chi connectivity index (χ0n) is 22.9. The van der Waals surface area contributed by atoms with E-state index in [1.165, 1.54) is 26.0 Å². The summed E-state index contributed by atoms with van der Waals surface area (Å²) < 4.78 is 91.6. The molecule has 5 rings (SSSR count). The average molecular weight is 604 g/mol. The monoisotopic (exact) mass is 603 g/mol. The molecule has 0 bridgehead atoms. The number of anilines is 1. The largest absolute Gasteiger partial charge is 0.419 e. The number of nitrogens with zero attached hydrogens (tertiary/aromatic N) is 6. The molecule has 2 aromatic heterocycles. The van der Waals surface area contributed by atoms with Gasteiger partial charge in [-0.25, -0.2) is 17.9 Å². The van der Waals surface area contributed by atoms with Crippen molar-refractivity contribution in [3.8, 4) is 23.2 Å². The average Bonchev–Trinajstić information content (AvgIpc) is 3.61. The number of amides is 1. The molecule has 0 saturated carbocycles. The first-order valence-electron chi connectivity index (χ1n) is 12.8. The van der Waals surface area contributed by atoms with Gasteiger partial charge in [-0.3, -0.25) is 4.79 Å². The highest BCUT2D eigenvalue weighted by atomic mass is 19.4. The summed E-state index contributed by atoms with van der Waals surface area (Å²) in [7, 11) is 0. The Labute approximate surface area is 240 Å². The van der Waals surface area contributed by atoms with Crippen LogP contribution in [0.2, 0.25) is 0 Å². The number of nitrogens with two attached hydrogens (primary N) is 1. The lowest BCUT2D eigenvalue weighted by atomic mass is 9.90. The first-order valence-corrected chi connectivity index (χ1v) is 12.8. The molecule has 0 spiro atoms. The zero-order valence-corrected chi connectivity index (χ0v) is 22.9. The minimum absolute atomic E-state index is 0.0926. The zero-order chi connectivity index (χ0) is 31.5. The SMILES string of the molecule is CC(C)(C#N)c1nnc(-c2cc3c(cc2F)[C@](C)(F)C[C@H](N)C(=O)N3Cc2ccc(-n3cc(C(F)(F)F)cn3)c(F)c2)o1. The summed E-state index contributed by atoms with van der Waals surface area (Å²) in [6, 6.07) is 6.18. The fourth-order valence-corrected chi connectivity index (χ4v) is 4.71. The molecule has 43 heavy (non-hydrogen) atoms. The highest BCUT2D eigenvalue weighted by Crippen LogP contribution is 2.44. The van der Waals surface area contributed by atoms with Crippen LogP contribution in [-0.2, 0) is 28.6 Å². The summed E-state index contributed by atoms with van der Waals surface area (Å²) in [5.74, 6) is -3.06. The third-order valence-corrected chi connectivity index (χ3v) is 7.10. The van der Waals surface area contributed by atoms with Gasteiger partial charge in [0, 0.05) is 18.2 Å². The molecule has 15 heteroatoms. The molecule has 2 atom stereocenters. The minimum atomic E-state index is -4.67. The van der Waals surface area contributed by atoms with Crippen molar-refractivity contribution in [2.45, 2.75) is 57.0 Å². The first-order chi connectivity index (χ1) is 20.0. The van der Waals surface area contributed by atoms with Crippen molar-refractivity contribution < 1.29 is 35.6 Å². The summed E-state index contributed by atoms with van der Waals surface area (Å²) in [4.78, 5) is 14.5. The Bertz CT molecular complexity index is 1770. The maximum atomic E-state index is 15.9. The van der Waals surface area contributed by atoms with E-state index >= 15 is 13.2 Å². The van der Waals surface area contributed by atoms with E-state index in [2.05, 4.69) is 15.3 Å². The molecule has 0 saturated heterocycles. The number of alkyl halides is 4. The molecule has 1 amide bonds. The van der Waals surface area contributed by atoms with Crippen molar-refractivity contribution in [1.29, 1.82) is 5.26 Å². The summed E-state index contributed by atoms with van der Waals surface area (Å²) in [5.41, 5.74) is 0.802. The molecule has 4 aromatic rings. The second-order valence-corrected chi connectivity index (χ2v) is 10.9. The highest BCUT2D eigenvalue weighted by Gasteiger charge is 2.42. The molecular formula is C28H23F6N7O2. The summed E-state index contributed by atoms with van der Waals surface area (Å²) >= 11 is 0. The van der Waals surface area contributed by atoms with E-state index in [0.29, 0.717) is 12.4 Å². The van der Waals surface area contributed by atoms with Gasteiger partial charge in [0.05, 0.1) is 41.7 Å². The summed E-state index contributed by atoms with van der Waals surface area (Å²) in [6.45, 7) is 3.82. The second kappa shape index (κ2) is 10.2. The van der Waals surface area contributed by atoms with Gasteiger partial charge < -0.3 is 15.1 Å². The van der Waals surface area contributed by atoms with E-state index in [1.54, 1.807) is 0 Å². The van der Waals surface area contributed by atoms with Gasteiger partial charge in [-0.2, -0.15) is 23.5 Å². The Balaban J connectivity index is 1.57.